The minimum atomic E-state index is -5.08. The molecule has 1 aliphatic heterocycles. The molecule has 1 aromatic carbocycles. The van der Waals surface area contributed by atoms with Gasteiger partial charge in [-0.3, -0.25) is 15.0 Å². The standard InChI is InChI=1S/C21H26N2O6S.C2HF3O2/c1-15-11-17(12-16(2)22-15)13-29-18-3-5-19(6-4-18)30(26,27)14-21(20(24)23-25)7-9-28-10-8-21;3-2(4,5)1(6)7/h3-6,11-12,25H,7-10,13-14H2,1-2H3,(H,23,24);(H,6,7). The third-order valence-corrected chi connectivity index (χ3v) is 7.39. The third kappa shape index (κ3) is 8.68. The van der Waals surface area contributed by atoms with Crippen molar-refractivity contribution < 1.29 is 51.0 Å². The number of hydrogen-bond acceptors (Lipinski definition) is 8. The highest BCUT2D eigenvalue weighted by Crippen LogP contribution is 2.34. The first-order valence-electron chi connectivity index (χ1n) is 10.9. The molecular weight excluding hydrogens is 521 g/mol. The van der Waals surface area contributed by atoms with Gasteiger partial charge < -0.3 is 14.6 Å². The first-order valence-corrected chi connectivity index (χ1v) is 12.6. The summed E-state index contributed by atoms with van der Waals surface area (Å²) in [6.45, 7) is 4.71. The Kier molecular flexibility index (Phi) is 10.0. The lowest BCUT2D eigenvalue weighted by Gasteiger charge is -2.34. The molecule has 0 radical (unpaired) electrons. The van der Waals surface area contributed by atoms with Gasteiger partial charge in [-0.1, -0.05) is 0 Å². The smallest absolute Gasteiger partial charge is 0.489 e. The minimum Gasteiger partial charge on any atom is -0.489 e. The van der Waals surface area contributed by atoms with Crippen LogP contribution in [0.5, 0.6) is 5.75 Å². The van der Waals surface area contributed by atoms with Crippen LogP contribution < -0.4 is 10.2 Å². The number of hydrogen-bond donors (Lipinski definition) is 3. The summed E-state index contributed by atoms with van der Waals surface area (Å²) in [5, 5.41) is 16.2. The molecule has 1 fully saturated rings. The van der Waals surface area contributed by atoms with Crippen LogP contribution in [0.3, 0.4) is 0 Å². The van der Waals surface area contributed by atoms with E-state index >= 15 is 0 Å². The highest BCUT2D eigenvalue weighted by atomic mass is 32.2. The monoisotopic (exact) mass is 548 g/mol. The number of carboxylic acids is 1. The number of benzene rings is 1. The molecular formula is C23H27F3N2O8S. The maximum Gasteiger partial charge on any atom is 0.490 e. The number of hydroxylamine groups is 1. The number of amides is 1. The van der Waals surface area contributed by atoms with E-state index in [1.807, 2.05) is 26.0 Å². The number of carbonyl (C=O) groups is 2. The summed E-state index contributed by atoms with van der Waals surface area (Å²) in [5.41, 5.74) is 3.20. The number of aryl methyl sites for hydroxylation is 2. The second-order valence-electron chi connectivity index (χ2n) is 8.41. The van der Waals surface area contributed by atoms with Gasteiger partial charge in [0.2, 0.25) is 0 Å². The van der Waals surface area contributed by atoms with Crippen molar-refractivity contribution in [3.63, 3.8) is 0 Å². The summed E-state index contributed by atoms with van der Waals surface area (Å²) in [6, 6.07) is 10.00. The zero-order chi connectivity index (χ0) is 27.9. The van der Waals surface area contributed by atoms with Gasteiger partial charge in [0.05, 0.1) is 16.1 Å². The van der Waals surface area contributed by atoms with Crippen LogP contribution >= 0.6 is 0 Å². The highest BCUT2D eigenvalue weighted by molar-refractivity contribution is 7.91. The van der Waals surface area contributed by atoms with Crippen molar-refractivity contribution in [3.05, 3.63) is 53.3 Å². The molecule has 0 spiro atoms. The van der Waals surface area contributed by atoms with Crippen LogP contribution in [0, 0.1) is 19.3 Å². The van der Waals surface area contributed by atoms with Crippen LogP contribution in [0.4, 0.5) is 13.2 Å². The average Bonchev–Trinajstić information content (AvgIpc) is 2.82. The number of alkyl halides is 3. The van der Waals surface area contributed by atoms with E-state index in [0.717, 1.165) is 17.0 Å². The van der Waals surface area contributed by atoms with Crippen molar-refractivity contribution in [2.24, 2.45) is 5.41 Å². The fourth-order valence-corrected chi connectivity index (χ4v) is 5.54. The molecule has 2 aromatic rings. The van der Waals surface area contributed by atoms with Crippen molar-refractivity contribution in [2.75, 3.05) is 19.0 Å². The predicted octanol–water partition coefficient (Wildman–Crippen LogP) is 2.99. The van der Waals surface area contributed by atoms with Crippen molar-refractivity contribution in [1.29, 1.82) is 0 Å². The average molecular weight is 549 g/mol. The van der Waals surface area contributed by atoms with Gasteiger partial charge in [-0.15, -0.1) is 0 Å². The maximum absolute atomic E-state index is 12.9. The topological polar surface area (TPSA) is 152 Å². The van der Waals surface area contributed by atoms with Crippen molar-refractivity contribution in [2.45, 2.75) is 44.4 Å². The number of nitrogens with one attached hydrogen (secondary N) is 1. The van der Waals surface area contributed by atoms with Gasteiger partial charge >= 0.3 is 12.1 Å². The number of sulfone groups is 1. The molecule has 3 rings (SSSR count). The summed E-state index contributed by atoms with van der Waals surface area (Å²) >= 11 is 0. The van der Waals surface area contributed by atoms with Crippen molar-refractivity contribution in [3.8, 4) is 5.75 Å². The Morgan fingerprint density at radius 2 is 1.62 bits per heavy atom. The van der Waals surface area contributed by atoms with E-state index in [2.05, 4.69) is 4.98 Å². The zero-order valence-corrected chi connectivity index (χ0v) is 20.9. The van der Waals surface area contributed by atoms with E-state index in [9.17, 15) is 26.4 Å². The molecule has 0 bridgehead atoms. The lowest BCUT2D eigenvalue weighted by atomic mass is 9.81. The molecule has 10 nitrogen and oxygen atoms in total. The Morgan fingerprint density at radius 3 is 2.08 bits per heavy atom. The Balaban J connectivity index is 0.000000604. The molecule has 0 aliphatic carbocycles. The Hall–Kier alpha value is -3.23. The van der Waals surface area contributed by atoms with Crippen LogP contribution in [0.1, 0.15) is 29.8 Å². The Labute approximate surface area is 211 Å². The largest absolute Gasteiger partial charge is 0.490 e. The zero-order valence-electron chi connectivity index (χ0n) is 20.0. The number of pyridine rings is 1. The van der Waals surface area contributed by atoms with Gasteiger partial charge in [0.1, 0.15) is 12.4 Å². The summed E-state index contributed by atoms with van der Waals surface area (Å²) in [4.78, 5) is 25.5. The van der Waals surface area contributed by atoms with Gasteiger partial charge in [-0.05, 0) is 68.7 Å². The SMILES string of the molecule is Cc1cc(COc2ccc(S(=O)(=O)CC3(C(=O)NO)CCOCC3)cc2)cc(C)n1.O=C(O)C(F)(F)F. The minimum absolute atomic E-state index is 0.0991. The second-order valence-corrected chi connectivity index (χ2v) is 10.4. The molecule has 14 heteroatoms. The Morgan fingerprint density at radius 1 is 1.11 bits per heavy atom. The maximum atomic E-state index is 12.9. The molecule has 0 unspecified atom stereocenters. The van der Waals surface area contributed by atoms with Gasteiger partial charge in [0.15, 0.2) is 9.84 Å². The number of ether oxygens (including phenoxy) is 2. The summed E-state index contributed by atoms with van der Waals surface area (Å²) in [5.74, 6) is -3.31. The normalized spacial score (nSPS) is 15.2. The number of halogens is 3. The number of aliphatic carboxylic acids is 1. The van der Waals surface area contributed by atoms with Crippen molar-refractivity contribution >= 4 is 21.7 Å². The lowest BCUT2D eigenvalue weighted by molar-refractivity contribution is -0.192. The third-order valence-electron chi connectivity index (χ3n) is 5.47. The molecule has 3 N–H and O–H groups in total. The molecule has 1 aliphatic rings. The van der Waals surface area contributed by atoms with Crippen LogP contribution in [-0.4, -0.2) is 60.7 Å². The molecule has 1 amide bonds. The number of carbonyl (C=O) groups excluding carboxylic acids is 1. The van der Waals surface area contributed by atoms with E-state index in [0.29, 0.717) is 12.4 Å². The molecule has 1 saturated heterocycles. The van der Waals surface area contributed by atoms with Gasteiger partial charge in [0.25, 0.3) is 5.91 Å². The molecule has 204 valence electrons. The summed E-state index contributed by atoms with van der Waals surface area (Å²) < 4.78 is 68.6. The number of rotatable bonds is 7. The first-order chi connectivity index (χ1) is 17.2. The van der Waals surface area contributed by atoms with E-state index in [4.69, 9.17) is 24.6 Å². The van der Waals surface area contributed by atoms with Crippen LogP contribution in [0.15, 0.2) is 41.3 Å². The van der Waals surface area contributed by atoms with Gasteiger partial charge in [-0.25, -0.2) is 18.7 Å². The fraction of sp³-hybridized carbons (Fsp3) is 0.435. The van der Waals surface area contributed by atoms with Gasteiger partial charge in [0, 0.05) is 24.6 Å². The second kappa shape index (κ2) is 12.3. The van der Waals surface area contributed by atoms with E-state index in [1.165, 1.54) is 12.1 Å². The van der Waals surface area contributed by atoms with Crippen LogP contribution in [0.25, 0.3) is 0 Å². The Bertz CT molecular complexity index is 1180. The van der Waals surface area contributed by atoms with Crippen molar-refractivity contribution in [1.82, 2.24) is 10.5 Å². The fourth-order valence-electron chi connectivity index (χ4n) is 3.68. The molecule has 0 atom stereocenters. The highest BCUT2D eigenvalue weighted by Gasteiger charge is 2.44. The lowest BCUT2D eigenvalue weighted by Crippen LogP contribution is -2.47. The quantitative estimate of drug-likeness (QED) is 0.350. The summed E-state index contributed by atoms with van der Waals surface area (Å²) in [7, 11) is -3.76. The van der Waals surface area contributed by atoms with E-state index in [1.54, 1.807) is 17.6 Å². The molecule has 2 heterocycles. The van der Waals surface area contributed by atoms with Gasteiger partial charge in [-0.2, -0.15) is 13.2 Å². The van der Waals surface area contributed by atoms with E-state index in [-0.39, 0.29) is 31.0 Å². The number of carboxylic acid groups (broad SMARTS) is 1. The molecule has 0 saturated carbocycles. The van der Waals surface area contributed by atoms with E-state index < -0.39 is 39.1 Å². The van der Waals surface area contributed by atoms with Crippen LogP contribution in [-0.2, 0) is 30.8 Å². The number of nitrogens with zero attached hydrogens (tertiary/aromatic N) is 1. The number of aromatic nitrogens is 1. The molecule has 1 aromatic heterocycles. The first kappa shape index (κ1) is 30.0. The van der Waals surface area contributed by atoms with Crippen LogP contribution in [0.2, 0.25) is 0 Å². The predicted molar refractivity (Wildman–Crippen MR) is 123 cm³/mol. The molecule has 37 heavy (non-hydrogen) atoms. The summed E-state index contributed by atoms with van der Waals surface area (Å²) in [6.07, 6.45) is -4.63.